The summed E-state index contributed by atoms with van der Waals surface area (Å²) in [4.78, 5) is 7.61. The van der Waals surface area contributed by atoms with E-state index >= 15 is 0 Å². The fourth-order valence-electron chi connectivity index (χ4n) is 4.86. The number of para-hydroxylation sites is 1. The van der Waals surface area contributed by atoms with E-state index in [0.29, 0.717) is 14.5 Å². The van der Waals surface area contributed by atoms with E-state index in [4.69, 9.17) is 4.98 Å². The zero-order chi connectivity index (χ0) is 21.1. The second-order valence-corrected chi connectivity index (χ2v) is 10.1. The predicted octanol–water partition coefficient (Wildman–Crippen LogP) is 7.21. The molecule has 0 aliphatic heterocycles. The van der Waals surface area contributed by atoms with Crippen LogP contribution in [-0.2, 0) is 0 Å². The number of rotatable bonds is 2. The Labute approximate surface area is 191 Å². The summed E-state index contributed by atoms with van der Waals surface area (Å²) >= 11 is 0.400. The number of nitrogens with zero attached hydrogens (tertiary/aromatic N) is 2. The van der Waals surface area contributed by atoms with Gasteiger partial charge in [-0.1, -0.05) is 0 Å². The molecular formula is C29H18N2Se. The van der Waals surface area contributed by atoms with Crippen LogP contribution in [0.3, 0.4) is 0 Å². The quantitative estimate of drug-likeness (QED) is 0.243. The van der Waals surface area contributed by atoms with E-state index in [0.717, 1.165) is 17.1 Å². The maximum absolute atomic E-state index is 5.28. The van der Waals surface area contributed by atoms with Crippen molar-refractivity contribution in [1.29, 1.82) is 0 Å². The van der Waals surface area contributed by atoms with Crippen LogP contribution in [-0.4, -0.2) is 24.1 Å². The van der Waals surface area contributed by atoms with Crippen molar-refractivity contribution in [2.75, 3.05) is 0 Å². The number of hydrogen-bond donors (Lipinski definition) is 0. The van der Waals surface area contributed by atoms with Gasteiger partial charge in [0.2, 0.25) is 0 Å². The summed E-state index contributed by atoms with van der Waals surface area (Å²) in [5, 5.41) is 6.29. The van der Waals surface area contributed by atoms with Gasteiger partial charge < -0.3 is 0 Å². The van der Waals surface area contributed by atoms with Gasteiger partial charge >= 0.3 is 191 Å². The van der Waals surface area contributed by atoms with Gasteiger partial charge in [-0.3, -0.25) is 0 Å². The molecule has 0 N–H and O–H groups in total. The third kappa shape index (κ3) is 2.56. The molecule has 4 aromatic carbocycles. The monoisotopic (exact) mass is 474 g/mol. The van der Waals surface area contributed by atoms with Crippen molar-refractivity contribution in [3.8, 4) is 17.1 Å². The molecule has 7 aromatic rings. The summed E-state index contributed by atoms with van der Waals surface area (Å²) in [6.45, 7) is 0. The third-order valence-electron chi connectivity index (χ3n) is 6.27. The van der Waals surface area contributed by atoms with Crippen LogP contribution in [0, 0.1) is 0 Å². The number of hydrogen-bond acceptors (Lipinski definition) is 1. The topological polar surface area (TPSA) is 17.8 Å². The van der Waals surface area contributed by atoms with E-state index in [1.165, 1.54) is 42.2 Å². The molecule has 0 saturated heterocycles. The van der Waals surface area contributed by atoms with E-state index in [1.54, 1.807) is 0 Å². The normalized spacial score (nSPS) is 11.8. The molecule has 3 heteroatoms. The number of fused-ring (bicyclic) bond motifs is 6. The van der Waals surface area contributed by atoms with E-state index in [9.17, 15) is 0 Å². The minimum absolute atomic E-state index is 0.400. The van der Waals surface area contributed by atoms with E-state index in [-0.39, 0.29) is 0 Å². The first-order valence-electron chi connectivity index (χ1n) is 10.7. The van der Waals surface area contributed by atoms with Crippen molar-refractivity contribution < 1.29 is 0 Å². The molecular weight excluding hydrogens is 455 g/mol. The van der Waals surface area contributed by atoms with Gasteiger partial charge in [-0.05, 0) is 0 Å². The first kappa shape index (κ1) is 18.0. The van der Waals surface area contributed by atoms with Crippen LogP contribution in [0.15, 0.2) is 108 Å². The number of aromatic nitrogens is 2. The molecule has 150 valence electrons. The van der Waals surface area contributed by atoms with Gasteiger partial charge in [-0.15, -0.1) is 0 Å². The molecule has 0 amide bonds. The minimum atomic E-state index is 0.400. The number of benzene rings is 4. The summed E-state index contributed by atoms with van der Waals surface area (Å²) in [5.41, 5.74) is 4.63. The summed E-state index contributed by atoms with van der Waals surface area (Å²) < 4.78 is 3.81. The van der Waals surface area contributed by atoms with Crippen LogP contribution < -0.4 is 0 Å². The Balaban J connectivity index is 1.67. The average Bonchev–Trinajstić information content (AvgIpc) is 3.46. The summed E-state index contributed by atoms with van der Waals surface area (Å²) in [7, 11) is 0. The molecule has 3 heterocycles. The molecule has 0 aliphatic carbocycles. The molecule has 0 saturated carbocycles. The molecule has 0 spiro atoms. The van der Waals surface area contributed by atoms with Gasteiger partial charge in [-0.2, -0.15) is 0 Å². The fraction of sp³-hybridized carbons (Fsp3) is 0. The predicted molar refractivity (Wildman–Crippen MR) is 136 cm³/mol. The molecule has 32 heavy (non-hydrogen) atoms. The molecule has 7 rings (SSSR count). The Morgan fingerprint density at radius 3 is 2.31 bits per heavy atom. The Morgan fingerprint density at radius 2 is 1.41 bits per heavy atom. The summed E-state index contributed by atoms with van der Waals surface area (Å²) in [6, 6.07) is 36.9. The van der Waals surface area contributed by atoms with Crippen LogP contribution in [0.2, 0.25) is 0 Å². The fourth-order valence-corrected chi connectivity index (χ4v) is 6.51. The summed E-state index contributed by atoms with van der Waals surface area (Å²) in [6.07, 6.45) is 0. The molecule has 0 bridgehead atoms. The van der Waals surface area contributed by atoms with Crippen molar-refractivity contribution in [3.05, 3.63) is 108 Å². The second kappa shape index (κ2) is 6.93. The van der Waals surface area contributed by atoms with Crippen LogP contribution in [0.5, 0.6) is 0 Å². The van der Waals surface area contributed by atoms with Crippen molar-refractivity contribution >= 4 is 56.7 Å². The Bertz CT molecular complexity index is 1770. The first-order chi connectivity index (χ1) is 15.9. The van der Waals surface area contributed by atoms with Gasteiger partial charge in [0.25, 0.3) is 0 Å². The zero-order valence-corrected chi connectivity index (χ0v) is 18.9. The van der Waals surface area contributed by atoms with Gasteiger partial charge in [0.15, 0.2) is 0 Å². The maximum atomic E-state index is 5.28. The zero-order valence-electron chi connectivity index (χ0n) is 17.2. The molecule has 0 radical (unpaired) electrons. The van der Waals surface area contributed by atoms with Crippen molar-refractivity contribution in [2.24, 2.45) is 0 Å². The van der Waals surface area contributed by atoms with Crippen molar-refractivity contribution in [2.45, 2.75) is 0 Å². The van der Waals surface area contributed by atoms with E-state index in [2.05, 4.69) is 113 Å². The van der Waals surface area contributed by atoms with Crippen LogP contribution in [0.25, 0.3) is 59.3 Å². The van der Waals surface area contributed by atoms with Crippen molar-refractivity contribution in [3.63, 3.8) is 0 Å². The standard InChI is InChI=1S/C29H18N2Se/c1-2-8-19(9-3-1)28-21-11-5-4-10-20(21)18-27(30-28)31-25-13-7-6-12-22(25)23-14-15-26-24(29(23)31)16-17-32-26/h1-18H. The van der Waals surface area contributed by atoms with E-state index in [1.807, 2.05) is 0 Å². The average molecular weight is 473 g/mol. The second-order valence-electron chi connectivity index (χ2n) is 8.06. The first-order valence-corrected chi connectivity index (χ1v) is 12.6. The van der Waals surface area contributed by atoms with Gasteiger partial charge in [0.05, 0.1) is 0 Å². The third-order valence-corrected chi connectivity index (χ3v) is 8.12. The molecule has 2 nitrogen and oxygen atoms in total. The van der Waals surface area contributed by atoms with Crippen molar-refractivity contribution in [1.82, 2.24) is 9.55 Å². The molecule has 0 atom stereocenters. The van der Waals surface area contributed by atoms with Crippen LogP contribution in [0.4, 0.5) is 0 Å². The van der Waals surface area contributed by atoms with Gasteiger partial charge in [0.1, 0.15) is 0 Å². The van der Waals surface area contributed by atoms with Gasteiger partial charge in [-0.25, -0.2) is 0 Å². The molecule has 0 fully saturated rings. The van der Waals surface area contributed by atoms with Crippen LogP contribution in [0.1, 0.15) is 0 Å². The number of pyridine rings is 1. The molecule has 3 aromatic heterocycles. The Morgan fingerprint density at radius 1 is 0.625 bits per heavy atom. The molecule has 0 unspecified atom stereocenters. The summed E-state index contributed by atoms with van der Waals surface area (Å²) in [5.74, 6) is 0.968. The van der Waals surface area contributed by atoms with E-state index < -0.39 is 0 Å². The van der Waals surface area contributed by atoms with Crippen LogP contribution >= 0.6 is 0 Å². The van der Waals surface area contributed by atoms with Gasteiger partial charge in [0, 0.05) is 0 Å². The Hall–Kier alpha value is -3.65. The molecule has 0 aliphatic rings. The SMILES string of the molecule is c1ccc(-c2nc(-n3c4ccccc4c4ccc5[se]ccc5c43)cc3ccccc23)cc1. The Kier molecular flexibility index (Phi) is 3.89.